The van der Waals surface area contributed by atoms with Gasteiger partial charge in [0.25, 0.3) is 0 Å². The van der Waals surface area contributed by atoms with Gasteiger partial charge in [-0.15, -0.1) is 5.10 Å². The van der Waals surface area contributed by atoms with Crippen LogP contribution in [-0.2, 0) is 11.2 Å². The van der Waals surface area contributed by atoms with Crippen molar-refractivity contribution < 1.29 is 9.90 Å². The number of aryl methyl sites for hydroxylation is 1. The molecular formula is C19H15BrN4O2. The monoisotopic (exact) mass is 410 g/mol. The van der Waals surface area contributed by atoms with E-state index in [-0.39, 0.29) is 6.42 Å². The Hall–Kier alpha value is -2.80. The number of hydrogen-bond donors (Lipinski definition) is 1. The molecule has 130 valence electrons. The van der Waals surface area contributed by atoms with Crippen molar-refractivity contribution in [2.24, 2.45) is 0 Å². The zero-order valence-electron chi connectivity index (χ0n) is 13.8. The van der Waals surface area contributed by atoms with Gasteiger partial charge in [0.1, 0.15) is 5.82 Å². The molecule has 0 radical (unpaired) electrons. The fourth-order valence-electron chi connectivity index (χ4n) is 2.89. The number of carbonyl (C=O) groups is 1. The molecular weight excluding hydrogens is 396 g/mol. The molecule has 0 atom stereocenters. The molecule has 4 rings (SSSR count). The number of nitrogens with zero attached hydrogens (tertiary/aromatic N) is 4. The van der Waals surface area contributed by atoms with Crippen molar-refractivity contribution in [1.82, 2.24) is 19.6 Å². The molecule has 7 heteroatoms. The minimum Gasteiger partial charge on any atom is -0.481 e. The van der Waals surface area contributed by atoms with Gasteiger partial charge in [0, 0.05) is 28.3 Å². The van der Waals surface area contributed by atoms with Gasteiger partial charge in [-0.3, -0.25) is 4.79 Å². The van der Waals surface area contributed by atoms with Gasteiger partial charge in [0.15, 0.2) is 11.5 Å². The number of aliphatic carboxylic acids is 1. The molecule has 26 heavy (non-hydrogen) atoms. The molecule has 0 fully saturated rings. The number of hydrogen-bond acceptors (Lipinski definition) is 4. The molecule has 0 aliphatic carbocycles. The average molecular weight is 411 g/mol. The predicted molar refractivity (Wildman–Crippen MR) is 102 cm³/mol. The molecule has 0 saturated carbocycles. The number of para-hydroxylation sites is 1. The van der Waals surface area contributed by atoms with Gasteiger partial charge in [0.05, 0.1) is 5.52 Å². The van der Waals surface area contributed by atoms with Crippen LogP contribution >= 0.6 is 15.9 Å². The first-order valence-corrected chi connectivity index (χ1v) is 9.03. The van der Waals surface area contributed by atoms with E-state index in [1.807, 2.05) is 48.5 Å². The van der Waals surface area contributed by atoms with Crippen molar-refractivity contribution in [3.05, 3.63) is 58.8 Å². The third kappa shape index (κ3) is 3.17. The summed E-state index contributed by atoms with van der Waals surface area (Å²) in [5.74, 6) is 0.530. The third-order valence-corrected chi connectivity index (χ3v) is 4.67. The van der Waals surface area contributed by atoms with Gasteiger partial charge in [0.2, 0.25) is 0 Å². The first-order valence-electron chi connectivity index (χ1n) is 8.24. The van der Waals surface area contributed by atoms with Crippen LogP contribution in [0.25, 0.3) is 27.9 Å². The molecule has 0 bridgehead atoms. The minimum atomic E-state index is -0.809. The Kier molecular flexibility index (Phi) is 4.38. The second-order valence-electron chi connectivity index (χ2n) is 5.97. The number of carboxylic acid groups (broad SMARTS) is 1. The quantitative estimate of drug-likeness (QED) is 0.535. The average Bonchev–Trinajstić information content (AvgIpc) is 3.08. The molecule has 0 saturated heterocycles. The van der Waals surface area contributed by atoms with E-state index in [9.17, 15) is 4.79 Å². The third-order valence-electron chi connectivity index (χ3n) is 4.14. The zero-order valence-corrected chi connectivity index (χ0v) is 15.3. The number of halogens is 1. The van der Waals surface area contributed by atoms with Crippen molar-refractivity contribution in [3.63, 3.8) is 0 Å². The highest BCUT2D eigenvalue weighted by Crippen LogP contribution is 2.24. The highest BCUT2D eigenvalue weighted by atomic mass is 79.9. The number of aromatic nitrogens is 4. The number of benzene rings is 2. The summed E-state index contributed by atoms with van der Waals surface area (Å²) in [6.45, 7) is 0. The molecule has 4 aromatic rings. The van der Waals surface area contributed by atoms with E-state index in [1.165, 1.54) is 0 Å². The second-order valence-corrected chi connectivity index (χ2v) is 6.89. The van der Waals surface area contributed by atoms with Crippen molar-refractivity contribution in [2.45, 2.75) is 19.3 Å². The SMILES string of the molecule is O=C(O)CCCc1nc2ccccc2c2nc(-c3ccc(Br)cc3)nn12. The van der Waals surface area contributed by atoms with Crippen molar-refractivity contribution in [3.8, 4) is 11.4 Å². The van der Waals surface area contributed by atoms with E-state index in [2.05, 4.69) is 26.0 Å². The summed E-state index contributed by atoms with van der Waals surface area (Å²) in [6, 6.07) is 15.6. The Bertz CT molecular complexity index is 1110. The molecule has 2 aromatic heterocycles. The molecule has 0 spiro atoms. The maximum Gasteiger partial charge on any atom is 0.303 e. The summed E-state index contributed by atoms with van der Waals surface area (Å²) in [5.41, 5.74) is 2.48. The highest BCUT2D eigenvalue weighted by molar-refractivity contribution is 9.10. The highest BCUT2D eigenvalue weighted by Gasteiger charge is 2.14. The lowest BCUT2D eigenvalue weighted by Crippen LogP contribution is -2.05. The van der Waals surface area contributed by atoms with E-state index in [4.69, 9.17) is 10.1 Å². The number of carboxylic acids is 1. The standard InChI is InChI=1S/C19H15BrN4O2/c20-13-10-8-12(9-11-13)18-22-19-14-4-1-2-5-15(14)21-16(24(19)23-18)6-3-7-17(25)26/h1-2,4-5,8-11H,3,6-7H2,(H,25,26). The Morgan fingerprint density at radius 2 is 1.85 bits per heavy atom. The van der Waals surface area contributed by atoms with Crippen LogP contribution in [0.1, 0.15) is 18.7 Å². The summed E-state index contributed by atoms with van der Waals surface area (Å²) in [5, 5.41) is 14.5. The fourth-order valence-corrected chi connectivity index (χ4v) is 3.16. The van der Waals surface area contributed by atoms with Crippen molar-refractivity contribution in [1.29, 1.82) is 0 Å². The van der Waals surface area contributed by atoms with Gasteiger partial charge in [-0.2, -0.15) is 4.52 Å². The topological polar surface area (TPSA) is 80.4 Å². The van der Waals surface area contributed by atoms with E-state index in [0.717, 1.165) is 32.4 Å². The van der Waals surface area contributed by atoms with Crippen LogP contribution in [0.4, 0.5) is 0 Å². The lowest BCUT2D eigenvalue weighted by Gasteiger charge is -2.05. The first kappa shape index (κ1) is 16.7. The van der Waals surface area contributed by atoms with Crippen molar-refractivity contribution >= 4 is 38.4 Å². The summed E-state index contributed by atoms with van der Waals surface area (Å²) >= 11 is 3.43. The summed E-state index contributed by atoms with van der Waals surface area (Å²) in [7, 11) is 0. The summed E-state index contributed by atoms with van der Waals surface area (Å²) in [4.78, 5) is 20.2. The Labute approximate surface area is 157 Å². The zero-order chi connectivity index (χ0) is 18.1. The van der Waals surface area contributed by atoms with Crippen molar-refractivity contribution in [2.75, 3.05) is 0 Å². The molecule has 1 N–H and O–H groups in total. The van der Waals surface area contributed by atoms with Gasteiger partial charge < -0.3 is 5.11 Å². The fraction of sp³-hybridized carbons (Fsp3) is 0.158. The maximum absolute atomic E-state index is 10.8. The van der Waals surface area contributed by atoms with E-state index >= 15 is 0 Å². The van der Waals surface area contributed by atoms with E-state index in [0.29, 0.717) is 18.7 Å². The number of rotatable bonds is 5. The Balaban J connectivity index is 1.86. The Morgan fingerprint density at radius 1 is 1.08 bits per heavy atom. The smallest absolute Gasteiger partial charge is 0.303 e. The largest absolute Gasteiger partial charge is 0.481 e. The van der Waals surface area contributed by atoms with Gasteiger partial charge in [-0.25, -0.2) is 9.97 Å². The minimum absolute atomic E-state index is 0.101. The summed E-state index contributed by atoms with van der Waals surface area (Å²) < 4.78 is 2.73. The van der Waals surface area contributed by atoms with Gasteiger partial charge >= 0.3 is 5.97 Å². The van der Waals surface area contributed by atoms with Crippen LogP contribution in [-0.4, -0.2) is 30.7 Å². The molecule has 0 amide bonds. The van der Waals surface area contributed by atoms with Crippen LogP contribution in [0, 0.1) is 0 Å². The van der Waals surface area contributed by atoms with E-state index < -0.39 is 5.97 Å². The van der Waals surface area contributed by atoms with Gasteiger partial charge in [-0.1, -0.05) is 40.2 Å². The first-order chi connectivity index (χ1) is 12.6. The molecule has 0 aliphatic heterocycles. The second kappa shape index (κ2) is 6.84. The lowest BCUT2D eigenvalue weighted by molar-refractivity contribution is -0.137. The van der Waals surface area contributed by atoms with Crippen LogP contribution in [0.2, 0.25) is 0 Å². The van der Waals surface area contributed by atoms with Crippen LogP contribution in [0.3, 0.4) is 0 Å². The van der Waals surface area contributed by atoms with Gasteiger partial charge in [-0.05, 0) is 30.7 Å². The number of fused-ring (bicyclic) bond motifs is 3. The van der Waals surface area contributed by atoms with Crippen LogP contribution < -0.4 is 0 Å². The predicted octanol–water partition coefficient (Wildman–Crippen LogP) is 4.11. The normalized spacial score (nSPS) is 11.3. The van der Waals surface area contributed by atoms with Crippen LogP contribution in [0.5, 0.6) is 0 Å². The maximum atomic E-state index is 10.8. The van der Waals surface area contributed by atoms with E-state index in [1.54, 1.807) is 4.52 Å². The molecule has 2 aromatic carbocycles. The molecule has 0 unspecified atom stereocenters. The molecule has 0 aliphatic rings. The Morgan fingerprint density at radius 3 is 2.62 bits per heavy atom. The van der Waals surface area contributed by atoms with Crippen LogP contribution in [0.15, 0.2) is 53.0 Å². The lowest BCUT2D eigenvalue weighted by atomic mass is 10.2. The molecule has 2 heterocycles. The summed E-state index contributed by atoms with van der Waals surface area (Å²) in [6.07, 6.45) is 1.13. The molecule has 6 nitrogen and oxygen atoms in total.